The maximum atomic E-state index is 11.3. The Balaban J connectivity index is 1.84. The summed E-state index contributed by atoms with van der Waals surface area (Å²) in [5.41, 5.74) is 3.07. The van der Waals surface area contributed by atoms with E-state index in [0.717, 1.165) is 22.1 Å². The van der Waals surface area contributed by atoms with Crippen molar-refractivity contribution in [2.45, 2.75) is 18.4 Å². The lowest BCUT2D eigenvalue weighted by Gasteiger charge is -2.38. The van der Waals surface area contributed by atoms with Crippen molar-refractivity contribution in [3.8, 4) is 5.75 Å². The van der Waals surface area contributed by atoms with Crippen molar-refractivity contribution in [3.63, 3.8) is 0 Å². The van der Waals surface area contributed by atoms with Gasteiger partial charge in [0.25, 0.3) is 5.69 Å². The molecule has 1 aliphatic heterocycles. The number of benzene rings is 2. The van der Waals surface area contributed by atoms with Crippen molar-refractivity contribution in [1.29, 1.82) is 0 Å². The summed E-state index contributed by atoms with van der Waals surface area (Å²) in [7, 11) is 1.55. The molecule has 0 unspecified atom stereocenters. The number of fused-ring (bicyclic) bond motifs is 3. The molecule has 25 heavy (non-hydrogen) atoms. The Morgan fingerprint density at radius 1 is 1.28 bits per heavy atom. The van der Waals surface area contributed by atoms with Gasteiger partial charge in [0.2, 0.25) is 0 Å². The molecule has 0 fully saturated rings. The molecule has 1 N–H and O–H groups in total. The summed E-state index contributed by atoms with van der Waals surface area (Å²) in [6.45, 7) is 0. The van der Waals surface area contributed by atoms with E-state index in [1.807, 2.05) is 12.1 Å². The van der Waals surface area contributed by atoms with Crippen LogP contribution in [0, 0.1) is 16.0 Å². The number of nitro groups is 1. The number of hydrogen-bond acceptors (Lipinski definition) is 4. The van der Waals surface area contributed by atoms with Crippen molar-refractivity contribution in [2.75, 3.05) is 12.4 Å². The molecule has 2 aliphatic rings. The Morgan fingerprint density at radius 3 is 2.72 bits per heavy atom. The number of hydrogen-bond donors (Lipinski definition) is 1. The second-order valence-electron chi connectivity index (χ2n) is 6.40. The van der Waals surface area contributed by atoms with Crippen LogP contribution < -0.4 is 10.1 Å². The quantitative estimate of drug-likeness (QED) is 0.437. The first-order chi connectivity index (χ1) is 12.1. The zero-order valence-electron chi connectivity index (χ0n) is 13.6. The van der Waals surface area contributed by atoms with Gasteiger partial charge in [0.15, 0.2) is 0 Å². The van der Waals surface area contributed by atoms with Gasteiger partial charge >= 0.3 is 0 Å². The molecule has 0 bridgehead atoms. The van der Waals surface area contributed by atoms with E-state index in [1.165, 1.54) is 11.6 Å². The first kappa shape index (κ1) is 16.1. The number of nitro benzene ring substituents is 1. The van der Waals surface area contributed by atoms with Crippen LogP contribution in [0.25, 0.3) is 0 Å². The van der Waals surface area contributed by atoms with E-state index in [2.05, 4.69) is 45.5 Å². The molecule has 1 aliphatic carbocycles. The molecular formula is C19H17BrN2O3. The second kappa shape index (κ2) is 6.19. The van der Waals surface area contributed by atoms with Gasteiger partial charge in [-0.25, -0.2) is 0 Å². The van der Waals surface area contributed by atoms with E-state index in [0.29, 0.717) is 11.7 Å². The van der Waals surface area contributed by atoms with Crippen LogP contribution in [0.2, 0.25) is 0 Å². The highest BCUT2D eigenvalue weighted by Gasteiger charge is 2.40. The zero-order chi connectivity index (χ0) is 17.6. The van der Waals surface area contributed by atoms with Crippen LogP contribution in [0.4, 0.5) is 11.4 Å². The first-order valence-electron chi connectivity index (χ1n) is 8.13. The molecule has 0 radical (unpaired) electrons. The number of allylic oxidation sites excluding steroid dienone is 2. The lowest BCUT2D eigenvalue weighted by molar-refractivity contribution is -0.385. The molecule has 128 valence electrons. The average molecular weight is 401 g/mol. The molecule has 0 amide bonds. The van der Waals surface area contributed by atoms with E-state index < -0.39 is 0 Å². The van der Waals surface area contributed by atoms with Gasteiger partial charge in [-0.05, 0) is 35.6 Å². The van der Waals surface area contributed by atoms with E-state index in [4.69, 9.17) is 4.74 Å². The maximum absolute atomic E-state index is 11.3. The lowest BCUT2D eigenvalue weighted by Crippen LogP contribution is -2.29. The summed E-state index contributed by atoms with van der Waals surface area (Å²) >= 11 is 3.48. The van der Waals surface area contributed by atoms with Crippen LogP contribution in [0.3, 0.4) is 0 Å². The van der Waals surface area contributed by atoms with Crippen molar-refractivity contribution in [2.24, 2.45) is 5.92 Å². The molecule has 2 aromatic carbocycles. The van der Waals surface area contributed by atoms with Gasteiger partial charge in [-0.15, -0.1) is 0 Å². The minimum atomic E-state index is -0.364. The second-order valence-corrected chi connectivity index (χ2v) is 7.31. The topological polar surface area (TPSA) is 64.4 Å². The fourth-order valence-electron chi connectivity index (χ4n) is 3.92. The molecule has 0 saturated carbocycles. The van der Waals surface area contributed by atoms with Gasteiger partial charge in [0, 0.05) is 16.5 Å². The minimum absolute atomic E-state index is 0.0681. The number of nitrogens with zero attached hydrogens (tertiary/aromatic N) is 1. The minimum Gasteiger partial charge on any atom is -0.494 e. The number of non-ortho nitro benzene ring substituents is 1. The molecule has 4 rings (SSSR count). The lowest BCUT2D eigenvalue weighted by atomic mass is 9.76. The van der Waals surface area contributed by atoms with E-state index in [1.54, 1.807) is 13.2 Å². The van der Waals surface area contributed by atoms with Crippen LogP contribution >= 0.6 is 15.9 Å². The Morgan fingerprint density at radius 2 is 2.04 bits per heavy atom. The van der Waals surface area contributed by atoms with Crippen LogP contribution in [0.1, 0.15) is 29.5 Å². The monoisotopic (exact) mass is 400 g/mol. The first-order valence-corrected chi connectivity index (χ1v) is 8.93. The maximum Gasteiger partial charge on any atom is 0.273 e. The van der Waals surface area contributed by atoms with Crippen molar-refractivity contribution >= 4 is 27.3 Å². The van der Waals surface area contributed by atoms with Gasteiger partial charge in [0.05, 0.1) is 29.8 Å². The number of nitrogens with one attached hydrogen (secondary N) is 1. The van der Waals surface area contributed by atoms with E-state index >= 15 is 0 Å². The summed E-state index contributed by atoms with van der Waals surface area (Å²) in [4.78, 5) is 10.9. The third-order valence-electron chi connectivity index (χ3n) is 5.08. The van der Waals surface area contributed by atoms with Crippen LogP contribution in [0.5, 0.6) is 5.75 Å². The van der Waals surface area contributed by atoms with E-state index in [-0.39, 0.29) is 22.6 Å². The Labute approximate surface area is 154 Å². The predicted molar refractivity (Wildman–Crippen MR) is 100 cm³/mol. The van der Waals surface area contributed by atoms with Gasteiger partial charge in [-0.2, -0.15) is 0 Å². The fraction of sp³-hybridized carbons (Fsp3) is 0.263. The fourth-order valence-corrected chi connectivity index (χ4v) is 4.18. The molecule has 2 aromatic rings. The highest BCUT2D eigenvalue weighted by atomic mass is 79.9. The third-order valence-corrected chi connectivity index (χ3v) is 5.61. The molecule has 3 atom stereocenters. The average Bonchev–Trinajstić information content (AvgIpc) is 3.10. The van der Waals surface area contributed by atoms with Crippen LogP contribution in [-0.2, 0) is 0 Å². The number of halogens is 1. The van der Waals surface area contributed by atoms with Crippen LogP contribution in [-0.4, -0.2) is 12.0 Å². The molecule has 0 saturated heterocycles. The van der Waals surface area contributed by atoms with Crippen molar-refractivity contribution in [3.05, 3.63) is 74.3 Å². The van der Waals surface area contributed by atoms with Gasteiger partial charge in [0.1, 0.15) is 5.75 Å². The Hall–Kier alpha value is -2.34. The number of methoxy groups -OCH3 is 1. The summed E-state index contributed by atoms with van der Waals surface area (Å²) in [6.07, 6.45) is 5.28. The molecule has 1 heterocycles. The summed E-state index contributed by atoms with van der Waals surface area (Å²) in [5.74, 6) is 1.00. The van der Waals surface area contributed by atoms with Gasteiger partial charge < -0.3 is 10.1 Å². The van der Waals surface area contributed by atoms with Crippen molar-refractivity contribution < 1.29 is 9.66 Å². The standard InChI is InChI=1S/C19H17BrN2O3/c1-25-17-10-13(22(23)24)9-16-14-3-2-4-15(14)18(21-19(16)17)11-5-7-12(20)8-6-11/h2-3,5-10,14-15,18,21H,4H2,1H3/t14-,15+,18+/m1/s1. The normalized spacial score (nSPS) is 23.5. The van der Waals surface area contributed by atoms with E-state index in [9.17, 15) is 10.1 Å². The zero-order valence-corrected chi connectivity index (χ0v) is 15.2. The molecule has 6 heteroatoms. The molecule has 5 nitrogen and oxygen atoms in total. The summed E-state index contributed by atoms with van der Waals surface area (Å²) in [5, 5.41) is 14.9. The molecule has 0 aromatic heterocycles. The largest absolute Gasteiger partial charge is 0.494 e. The molecular weight excluding hydrogens is 384 g/mol. The Bertz CT molecular complexity index is 864. The Kier molecular flexibility index (Phi) is 4.00. The molecule has 0 spiro atoms. The van der Waals surface area contributed by atoms with Crippen molar-refractivity contribution in [1.82, 2.24) is 0 Å². The summed E-state index contributed by atoms with van der Waals surface area (Å²) < 4.78 is 6.50. The highest BCUT2D eigenvalue weighted by Crippen LogP contribution is 2.53. The summed E-state index contributed by atoms with van der Waals surface area (Å²) in [6, 6.07) is 11.6. The number of anilines is 1. The number of ether oxygens (including phenoxy) is 1. The predicted octanol–water partition coefficient (Wildman–Crippen LogP) is 5.19. The van der Waals surface area contributed by atoms with Gasteiger partial charge in [-0.1, -0.05) is 40.2 Å². The van der Waals surface area contributed by atoms with Gasteiger partial charge in [-0.3, -0.25) is 10.1 Å². The smallest absolute Gasteiger partial charge is 0.273 e. The van der Waals surface area contributed by atoms with Crippen LogP contribution in [0.15, 0.2) is 53.0 Å². The highest BCUT2D eigenvalue weighted by molar-refractivity contribution is 9.10. The number of rotatable bonds is 3. The third kappa shape index (κ3) is 2.70. The SMILES string of the molecule is COc1cc([N+](=O)[O-])cc2c1N[C@@H](c1ccc(Br)cc1)[C@H]1CC=C[C@@H]21.